The van der Waals surface area contributed by atoms with Crippen molar-refractivity contribution in [3.63, 3.8) is 0 Å². The second-order valence-corrected chi connectivity index (χ2v) is 20.3. The van der Waals surface area contributed by atoms with Gasteiger partial charge in [0.2, 0.25) is 0 Å². The first-order valence-electron chi connectivity index (χ1n) is 28.3. The Bertz CT molecular complexity index is 964. The van der Waals surface area contributed by atoms with E-state index in [1.165, 1.54) is 205 Å². The van der Waals surface area contributed by atoms with Gasteiger partial charge in [0.05, 0.1) is 0 Å². The second kappa shape index (κ2) is 49.8. The third-order valence-electron chi connectivity index (χ3n) is 13.3. The number of hydrogen-bond acceptors (Lipinski definition) is 6. The van der Waals surface area contributed by atoms with Gasteiger partial charge >= 0.3 is 17.9 Å². The molecule has 0 saturated carbocycles. The van der Waals surface area contributed by atoms with Gasteiger partial charge in [0.1, 0.15) is 13.2 Å². The van der Waals surface area contributed by atoms with Gasteiger partial charge in [-0.1, -0.05) is 279 Å². The maximum Gasteiger partial charge on any atom is 0.306 e. The fourth-order valence-corrected chi connectivity index (χ4v) is 8.66. The molecule has 0 fully saturated rings. The molecule has 63 heavy (non-hydrogen) atoms. The van der Waals surface area contributed by atoms with Crippen molar-refractivity contribution >= 4 is 17.9 Å². The smallest absolute Gasteiger partial charge is 0.306 e. The summed E-state index contributed by atoms with van der Waals surface area (Å²) in [5, 5.41) is 0. The van der Waals surface area contributed by atoms with E-state index in [1.807, 2.05) is 0 Å². The highest BCUT2D eigenvalue weighted by Gasteiger charge is 2.19. The highest BCUT2D eigenvalue weighted by Crippen LogP contribution is 2.18. The topological polar surface area (TPSA) is 78.9 Å². The van der Waals surface area contributed by atoms with Crippen LogP contribution in [0, 0.1) is 11.8 Å². The van der Waals surface area contributed by atoms with E-state index in [9.17, 15) is 14.4 Å². The molecule has 0 radical (unpaired) electrons. The number of rotatable bonds is 51. The molecule has 1 unspecified atom stereocenters. The van der Waals surface area contributed by atoms with Crippen molar-refractivity contribution < 1.29 is 28.6 Å². The summed E-state index contributed by atoms with van der Waals surface area (Å²) in [6.45, 7) is 11.4. The molecule has 0 aromatic carbocycles. The molecule has 6 heteroatoms. The van der Waals surface area contributed by atoms with E-state index in [0.717, 1.165) is 69.6 Å². The van der Waals surface area contributed by atoms with Gasteiger partial charge in [-0.15, -0.1) is 0 Å². The summed E-state index contributed by atoms with van der Waals surface area (Å²) in [7, 11) is 0. The molecule has 0 heterocycles. The van der Waals surface area contributed by atoms with Crippen LogP contribution in [0.5, 0.6) is 0 Å². The van der Waals surface area contributed by atoms with Crippen molar-refractivity contribution in [3.8, 4) is 0 Å². The first kappa shape index (κ1) is 61.4. The predicted octanol–water partition coefficient (Wildman–Crippen LogP) is 18.5. The Morgan fingerprint density at radius 3 is 0.905 bits per heavy atom. The standard InChI is InChI=1S/C57H110O6/c1-6-8-9-10-11-12-13-14-22-26-29-32-39-44-49-57(60)63-54(51-62-56(59)48-43-38-34-33-36-41-46-53(5)7-2)50-61-55(58)47-42-37-31-28-25-23-20-18-16-15-17-19-21-24-27-30-35-40-45-52(3)4/h52-54H,6-51H2,1-5H3/t53?,54-/m0/s1. The molecular formula is C57H110O6. The van der Waals surface area contributed by atoms with Crippen LogP contribution in [0.4, 0.5) is 0 Å². The molecular weight excluding hydrogens is 781 g/mol. The molecule has 0 aromatic heterocycles. The van der Waals surface area contributed by atoms with Crippen LogP contribution in [0.1, 0.15) is 317 Å². The third-order valence-corrected chi connectivity index (χ3v) is 13.3. The molecule has 0 amide bonds. The van der Waals surface area contributed by atoms with Gasteiger partial charge in [0, 0.05) is 19.3 Å². The molecule has 0 aliphatic heterocycles. The molecule has 0 N–H and O–H groups in total. The summed E-state index contributed by atoms with van der Waals surface area (Å²) in [5.74, 6) is 0.828. The van der Waals surface area contributed by atoms with Gasteiger partial charge in [-0.05, 0) is 31.1 Å². The summed E-state index contributed by atoms with van der Waals surface area (Å²) >= 11 is 0. The average molecular weight is 892 g/mol. The molecule has 374 valence electrons. The zero-order valence-corrected chi connectivity index (χ0v) is 43.2. The van der Waals surface area contributed by atoms with Crippen LogP contribution in [0.15, 0.2) is 0 Å². The minimum absolute atomic E-state index is 0.0636. The van der Waals surface area contributed by atoms with E-state index in [1.54, 1.807) is 0 Å². The first-order valence-corrected chi connectivity index (χ1v) is 28.3. The summed E-state index contributed by atoms with van der Waals surface area (Å²) in [5.41, 5.74) is 0. The molecule has 0 spiro atoms. The van der Waals surface area contributed by atoms with Crippen LogP contribution in [0.25, 0.3) is 0 Å². The molecule has 2 atom stereocenters. The number of esters is 3. The molecule has 0 aliphatic rings. The van der Waals surface area contributed by atoms with Crippen molar-refractivity contribution in [1.29, 1.82) is 0 Å². The summed E-state index contributed by atoms with van der Waals surface area (Å²) in [6.07, 6.45) is 52.4. The highest BCUT2D eigenvalue weighted by molar-refractivity contribution is 5.71. The van der Waals surface area contributed by atoms with Crippen molar-refractivity contribution in [2.24, 2.45) is 11.8 Å². The van der Waals surface area contributed by atoms with Gasteiger partial charge in [-0.2, -0.15) is 0 Å². The zero-order chi connectivity index (χ0) is 46.1. The van der Waals surface area contributed by atoms with Gasteiger partial charge in [-0.25, -0.2) is 0 Å². The number of carbonyl (C=O) groups excluding carboxylic acids is 3. The van der Waals surface area contributed by atoms with Gasteiger partial charge in [-0.3, -0.25) is 14.4 Å². The van der Waals surface area contributed by atoms with Crippen LogP contribution in [-0.4, -0.2) is 37.2 Å². The lowest BCUT2D eigenvalue weighted by Crippen LogP contribution is -2.30. The molecule has 0 bridgehead atoms. The zero-order valence-electron chi connectivity index (χ0n) is 43.2. The van der Waals surface area contributed by atoms with Crippen LogP contribution < -0.4 is 0 Å². The summed E-state index contributed by atoms with van der Waals surface area (Å²) < 4.78 is 16.8. The van der Waals surface area contributed by atoms with E-state index in [-0.39, 0.29) is 31.1 Å². The summed E-state index contributed by atoms with van der Waals surface area (Å²) in [4.78, 5) is 38.0. The maximum atomic E-state index is 12.8. The maximum absolute atomic E-state index is 12.8. The molecule has 0 aliphatic carbocycles. The van der Waals surface area contributed by atoms with Crippen LogP contribution >= 0.6 is 0 Å². The third kappa shape index (κ3) is 49.7. The average Bonchev–Trinajstić information content (AvgIpc) is 3.27. The van der Waals surface area contributed by atoms with Crippen LogP contribution in [0.3, 0.4) is 0 Å². The van der Waals surface area contributed by atoms with Gasteiger partial charge in [0.25, 0.3) is 0 Å². The molecule has 0 saturated heterocycles. The Morgan fingerprint density at radius 1 is 0.333 bits per heavy atom. The number of ether oxygens (including phenoxy) is 3. The normalized spacial score (nSPS) is 12.5. The second-order valence-electron chi connectivity index (χ2n) is 20.3. The number of hydrogen-bond donors (Lipinski definition) is 0. The van der Waals surface area contributed by atoms with Crippen molar-refractivity contribution in [3.05, 3.63) is 0 Å². The number of carbonyl (C=O) groups is 3. The van der Waals surface area contributed by atoms with E-state index >= 15 is 0 Å². The number of unbranched alkanes of at least 4 members (excludes halogenated alkanes) is 35. The minimum Gasteiger partial charge on any atom is -0.462 e. The summed E-state index contributed by atoms with van der Waals surface area (Å²) in [6, 6.07) is 0. The Balaban J connectivity index is 4.21. The largest absolute Gasteiger partial charge is 0.462 e. The van der Waals surface area contributed by atoms with Gasteiger partial charge < -0.3 is 14.2 Å². The molecule has 0 aromatic rings. The fourth-order valence-electron chi connectivity index (χ4n) is 8.66. The highest BCUT2D eigenvalue weighted by atomic mass is 16.6. The van der Waals surface area contributed by atoms with Crippen LogP contribution in [-0.2, 0) is 28.6 Å². The van der Waals surface area contributed by atoms with E-state index in [2.05, 4.69) is 34.6 Å². The van der Waals surface area contributed by atoms with E-state index < -0.39 is 6.10 Å². The Labute approximate surface area is 393 Å². The predicted molar refractivity (Wildman–Crippen MR) is 270 cm³/mol. The van der Waals surface area contributed by atoms with E-state index in [4.69, 9.17) is 14.2 Å². The lowest BCUT2D eigenvalue weighted by Gasteiger charge is -2.18. The first-order chi connectivity index (χ1) is 30.8. The lowest BCUT2D eigenvalue weighted by molar-refractivity contribution is -0.167. The SMILES string of the molecule is CCCCCCCCCCCCCCCCC(=O)O[C@@H](COC(=O)CCCCCCCCCCCCCCCCCCCCC(C)C)COC(=O)CCCCCCCCC(C)CC. The molecule has 6 nitrogen and oxygen atoms in total. The van der Waals surface area contributed by atoms with E-state index in [0.29, 0.717) is 19.3 Å². The lowest BCUT2D eigenvalue weighted by atomic mass is 10.00. The molecule has 0 rings (SSSR count). The Kier molecular flexibility index (Phi) is 48.6. The van der Waals surface area contributed by atoms with Gasteiger partial charge in [0.15, 0.2) is 6.10 Å². The fraction of sp³-hybridized carbons (Fsp3) is 0.947. The monoisotopic (exact) mass is 891 g/mol. The Hall–Kier alpha value is -1.59. The van der Waals surface area contributed by atoms with Crippen molar-refractivity contribution in [1.82, 2.24) is 0 Å². The minimum atomic E-state index is -0.762. The van der Waals surface area contributed by atoms with Crippen molar-refractivity contribution in [2.45, 2.75) is 323 Å². The Morgan fingerprint density at radius 2 is 0.603 bits per heavy atom. The van der Waals surface area contributed by atoms with Crippen LogP contribution in [0.2, 0.25) is 0 Å². The quantitative estimate of drug-likeness (QED) is 0.0344. The van der Waals surface area contributed by atoms with Crippen molar-refractivity contribution in [2.75, 3.05) is 13.2 Å².